The molecule has 0 bridgehead atoms. The summed E-state index contributed by atoms with van der Waals surface area (Å²) in [6.45, 7) is 0. The molecule has 0 atom stereocenters. The van der Waals surface area contributed by atoms with Crippen LogP contribution in [0.15, 0.2) is 91.0 Å². The van der Waals surface area contributed by atoms with Crippen LogP contribution < -0.4 is 0 Å². The van der Waals surface area contributed by atoms with Gasteiger partial charge in [-0.3, -0.25) is 0 Å². The summed E-state index contributed by atoms with van der Waals surface area (Å²) in [6.07, 6.45) is 0. The van der Waals surface area contributed by atoms with Crippen molar-refractivity contribution in [2.75, 3.05) is 0 Å². The molecule has 0 spiro atoms. The van der Waals surface area contributed by atoms with E-state index in [9.17, 15) is 0 Å². The molecule has 20 heavy (non-hydrogen) atoms. The second-order valence-electron chi connectivity index (χ2n) is 4.85. The third-order valence-corrected chi connectivity index (χ3v) is 6.09. The fourth-order valence-electron chi connectivity index (χ4n) is 2.56. The van der Waals surface area contributed by atoms with Crippen molar-refractivity contribution in [2.45, 2.75) is 3.43 Å². The quantitative estimate of drug-likeness (QED) is 0.485. The summed E-state index contributed by atoms with van der Waals surface area (Å²) in [4.78, 5) is 0. The van der Waals surface area contributed by atoms with E-state index < -0.39 is 0 Å². The molecule has 0 saturated heterocycles. The van der Waals surface area contributed by atoms with Gasteiger partial charge in [0.15, 0.2) is 0 Å². The molecule has 0 aliphatic heterocycles. The fraction of sp³-hybridized carbons (Fsp3) is 0.0526. The standard InChI is InChI=1S/C19H15.Sn/c1-4-10-16(11-5-1)19(17-12-6-2-7-13-17)18-14-8-3-9-15-18;/h1-15H;. The third-order valence-electron chi connectivity index (χ3n) is 3.62. The monoisotopic (exact) mass is 363 g/mol. The van der Waals surface area contributed by atoms with Gasteiger partial charge in [0.2, 0.25) is 0 Å². The van der Waals surface area contributed by atoms with Gasteiger partial charge in [0, 0.05) is 0 Å². The number of hydrogen-bond acceptors (Lipinski definition) is 0. The van der Waals surface area contributed by atoms with Gasteiger partial charge in [-0.05, 0) is 0 Å². The van der Waals surface area contributed by atoms with E-state index in [2.05, 4.69) is 91.0 Å². The minimum absolute atomic E-state index is 0.0312. The van der Waals surface area contributed by atoms with Crippen LogP contribution in [0.3, 0.4) is 0 Å². The SMILES string of the molecule is [Sn][C](c1ccccc1)(c1ccccc1)c1ccccc1. The summed E-state index contributed by atoms with van der Waals surface area (Å²) in [5, 5.41) is 0. The molecule has 0 saturated carbocycles. The molecule has 3 rings (SSSR count). The summed E-state index contributed by atoms with van der Waals surface area (Å²) in [5.41, 5.74) is 4.07. The second-order valence-corrected chi connectivity index (χ2v) is 6.99. The van der Waals surface area contributed by atoms with Crippen LogP contribution in [0.2, 0.25) is 0 Å². The molecular formula is C19H15Sn. The summed E-state index contributed by atoms with van der Waals surface area (Å²) in [7, 11) is 0. The number of hydrogen-bond donors (Lipinski definition) is 0. The summed E-state index contributed by atoms with van der Waals surface area (Å²) >= 11 is 1.48. The zero-order valence-electron chi connectivity index (χ0n) is 11.2. The van der Waals surface area contributed by atoms with Crippen LogP contribution in [-0.2, 0) is 3.43 Å². The Balaban J connectivity index is 2.24. The van der Waals surface area contributed by atoms with Gasteiger partial charge in [-0.15, -0.1) is 0 Å². The van der Waals surface area contributed by atoms with Gasteiger partial charge in [0.05, 0.1) is 0 Å². The van der Waals surface area contributed by atoms with Crippen LogP contribution in [0, 0.1) is 0 Å². The Morgan fingerprint density at radius 3 is 0.950 bits per heavy atom. The van der Waals surface area contributed by atoms with Crippen molar-refractivity contribution in [3.63, 3.8) is 0 Å². The molecule has 3 aromatic carbocycles. The Bertz CT molecular complexity index is 563. The van der Waals surface area contributed by atoms with E-state index in [0.29, 0.717) is 0 Å². The average molecular weight is 362 g/mol. The van der Waals surface area contributed by atoms with Gasteiger partial charge >= 0.3 is 134 Å². The first-order valence-corrected chi connectivity index (χ1v) is 8.16. The molecule has 1 heteroatoms. The summed E-state index contributed by atoms with van der Waals surface area (Å²) in [6, 6.07) is 32.4. The summed E-state index contributed by atoms with van der Waals surface area (Å²) < 4.78 is -0.0312. The first-order chi connectivity index (χ1) is 9.82. The van der Waals surface area contributed by atoms with Crippen molar-refractivity contribution < 1.29 is 0 Å². The normalized spacial score (nSPS) is 11.2. The molecule has 0 nitrogen and oxygen atoms in total. The Labute approximate surface area is 133 Å². The van der Waals surface area contributed by atoms with Gasteiger partial charge in [-0.2, -0.15) is 0 Å². The molecule has 0 N–H and O–H groups in total. The Kier molecular flexibility index (Phi) is 3.92. The molecule has 0 fully saturated rings. The zero-order valence-corrected chi connectivity index (χ0v) is 14.0. The van der Waals surface area contributed by atoms with Gasteiger partial charge in [-0.25, -0.2) is 0 Å². The van der Waals surface area contributed by atoms with Crippen molar-refractivity contribution in [3.05, 3.63) is 108 Å². The zero-order chi connectivity index (χ0) is 13.8. The van der Waals surface area contributed by atoms with Crippen LogP contribution in [0.5, 0.6) is 0 Å². The van der Waals surface area contributed by atoms with E-state index in [0.717, 1.165) is 0 Å². The molecule has 3 aromatic rings. The predicted molar refractivity (Wildman–Crippen MR) is 85.0 cm³/mol. The first-order valence-electron chi connectivity index (χ1n) is 6.73. The van der Waals surface area contributed by atoms with Gasteiger partial charge in [0.1, 0.15) is 0 Å². The maximum absolute atomic E-state index is 2.23. The van der Waals surface area contributed by atoms with E-state index in [4.69, 9.17) is 0 Å². The van der Waals surface area contributed by atoms with E-state index in [1.54, 1.807) is 0 Å². The Hall–Kier alpha value is -1.54. The predicted octanol–water partition coefficient (Wildman–Crippen LogP) is 4.15. The van der Waals surface area contributed by atoms with Crippen molar-refractivity contribution in [1.82, 2.24) is 0 Å². The van der Waals surface area contributed by atoms with Gasteiger partial charge < -0.3 is 0 Å². The van der Waals surface area contributed by atoms with Crippen LogP contribution in [0.1, 0.15) is 16.7 Å². The molecule has 0 aromatic heterocycles. The van der Waals surface area contributed by atoms with Crippen LogP contribution in [-0.4, -0.2) is 22.5 Å². The van der Waals surface area contributed by atoms with Crippen molar-refractivity contribution in [2.24, 2.45) is 0 Å². The molecule has 0 aliphatic carbocycles. The number of benzene rings is 3. The minimum atomic E-state index is -0.0312. The maximum atomic E-state index is 2.23. The van der Waals surface area contributed by atoms with E-state index in [1.807, 2.05) is 0 Å². The second kappa shape index (κ2) is 5.84. The van der Waals surface area contributed by atoms with E-state index in [-0.39, 0.29) is 3.43 Å². The van der Waals surface area contributed by atoms with Gasteiger partial charge in [-0.1, -0.05) is 0 Å². The third kappa shape index (κ3) is 2.40. The van der Waals surface area contributed by atoms with Gasteiger partial charge in [0.25, 0.3) is 0 Å². The fourth-order valence-corrected chi connectivity index (χ4v) is 3.99. The van der Waals surface area contributed by atoms with Crippen molar-refractivity contribution in [3.8, 4) is 0 Å². The molecule has 0 amide bonds. The molecule has 3 radical (unpaired) electrons. The van der Waals surface area contributed by atoms with E-state index in [1.165, 1.54) is 39.2 Å². The van der Waals surface area contributed by atoms with Crippen LogP contribution in [0.4, 0.5) is 0 Å². The summed E-state index contributed by atoms with van der Waals surface area (Å²) in [5.74, 6) is 0. The van der Waals surface area contributed by atoms with Crippen LogP contribution in [0.25, 0.3) is 0 Å². The Morgan fingerprint density at radius 1 is 0.450 bits per heavy atom. The molecule has 0 unspecified atom stereocenters. The van der Waals surface area contributed by atoms with Crippen molar-refractivity contribution in [1.29, 1.82) is 0 Å². The van der Waals surface area contributed by atoms with Crippen LogP contribution >= 0.6 is 0 Å². The topological polar surface area (TPSA) is 0 Å². The van der Waals surface area contributed by atoms with Crippen molar-refractivity contribution >= 4 is 22.5 Å². The Morgan fingerprint density at radius 2 is 0.700 bits per heavy atom. The first kappa shape index (κ1) is 13.4. The molecule has 0 heterocycles. The molecule has 95 valence electrons. The molecule has 0 aliphatic rings. The number of rotatable bonds is 3. The average Bonchev–Trinajstić information content (AvgIpc) is 2.56. The molecular weight excluding hydrogens is 347 g/mol. The van der Waals surface area contributed by atoms with E-state index >= 15 is 0 Å².